The summed E-state index contributed by atoms with van der Waals surface area (Å²) in [7, 11) is 0. The summed E-state index contributed by atoms with van der Waals surface area (Å²) in [5, 5.41) is 13.4. The van der Waals surface area contributed by atoms with Crippen molar-refractivity contribution in [1.82, 2.24) is 4.98 Å². The lowest BCUT2D eigenvalue weighted by Gasteiger charge is -2.18. The van der Waals surface area contributed by atoms with E-state index in [1.54, 1.807) is 0 Å². The van der Waals surface area contributed by atoms with Crippen molar-refractivity contribution in [2.45, 2.75) is 12.8 Å². The van der Waals surface area contributed by atoms with E-state index < -0.39 is 5.97 Å². The average Bonchev–Trinajstić information content (AvgIpc) is 3.01. The average molecular weight is 334 g/mol. The fourth-order valence-corrected chi connectivity index (χ4v) is 2.80. The zero-order valence-electron chi connectivity index (χ0n) is 12.1. The Morgan fingerprint density at radius 3 is 2.78 bits per heavy atom. The topological polar surface area (TPSA) is 97.8 Å². The minimum atomic E-state index is -1.00. The molecule has 0 aliphatic carbocycles. The molecule has 2 heterocycles. The molecule has 2 N–H and O–H groups in total. The molecule has 3 rings (SSSR count). The molecule has 120 valence electrons. The van der Waals surface area contributed by atoms with Crippen molar-refractivity contribution in [1.29, 1.82) is 0 Å². The van der Waals surface area contributed by atoms with E-state index in [0.717, 1.165) is 5.56 Å². The largest absolute Gasteiger partial charge is 0.486 e. The van der Waals surface area contributed by atoms with Crippen LogP contribution in [0.5, 0.6) is 11.5 Å². The van der Waals surface area contributed by atoms with Gasteiger partial charge in [0.15, 0.2) is 16.6 Å². The Bertz CT molecular complexity index is 743. The molecule has 2 aromatic rings. The van der Waals surface area contributed by atoms with Gasteiger partial charge in [0.1, 0.15) is 13.2 Å². The van der Waals surface area contributed by atoms with Gasteiger partial charge in [-0.25, -0.2) is 4.98 Å². The maximum absolute atomic E-state index is 11.6. The van der Waals surface area contributed by atoms with Crippen LogP contribution in [-0.2, 0) is 9.59 Å². The van der Waals surface area contributed by atoms with Crippen LogP contribution in [0.15, 0.2) is 23.6 Å². The zero-order valence-corrected chi connectivity index (χ0v) is 12.9. The Labute approximate surface area is 135 Å². The van der Waals surface area contributed by atoms with Crippen LogP contribution in [0.1, 0.15) is 12.8 Å². The third-order valence-corrected chi connectivity index (χ3v) is 3.91. The highest BCUT2D eigenvalue weighted by Crippen LogP contribution is 2.35. The highest BCUT2D eigenvalue weighted by molar-refractivity contribution is 7.14. The predicted molar refractivity (Wildman–Crippen MR) is 84.0 cm³/mol. The molecule has 23 heavy (non-hydrogen) atoms. The normalized spacial score (nSPS) is 12.7. The van der Waals surface area contributed by atoms with Gasteiger partial charge in [-0.15, -0.1) is 11.3 Å². The molecular weight excluding hydrogens is 320 g/mol. The van der Waals surface area contributed by atoms with Crippen LogP contribution in [0.25, 0.3) is 11.3 Å². The summed E-state index contributed by atoms with van der Waals surface area (Å²) in [4.78, 5) is 26.4. The number of rotatable bonds is 5. The summed E-state index contributed by atoms with van der Waals surface area (Å²) in [6.07, 6.45) is -0.277. The minimum Gasteiger partial charge on any atom is -0.486 e. The molecule has 1 aliphatic rings. The van der Waals surface area contributed by atoms with Crippen LogP contribution in [0.4, 0.5) is 5.13 Å². The van der Waals surface area contributed by atoms with E-state index in [0.29, 0.717) is 35.5 Å². The van der Waals surface area contributed by atoms with E-state index in [1.165, 1.54) is 11.3 Å². The van der Waals surface area contributed by atoms with Crippen molar-refractivity contribution in [3.05, 3.63) is 23.6 Å². The highest BCUT2D eigenvalue weighted by atomic mass is 32.1. The molecule has 0 bridgehead atoms. The van der Waals surface area contributed by atoms with Crippen molar-refractivity contribution in [2.24, 2.45) is 0 Å². The number of aromatic nitrogens is 1. The fourth-order valence-electron chi connectivity index (χ4n) is 2.07. The molecule has 7 nitrogen and oxygen atoms in total. The number of benzene rings is 1. The van der Waals surface area contributed by atoms with Crippen molar-refractivity contribution >= 4 is 28.3 Å². The summed E-state index contributed by atoms with van der Waals surface area (Å²) in [6, 6.07) is 5.55. The van der Waals surface area contributed by atoms with Gasteiger partial charge in [-0.05, 0) is 18.2 Å². The van der Waals surface area contributed by atoms with E-state index in [4.69, 9.17) is 14.6 Å². The molecule has 0 saturated carbocycles. The Balaban J connectivity index is 1.69. The van der Waals surface area contributed by atoms with Crippen molar-refractivity contribution in [3.8, 4) is 22.8 Å². The highest BCUT2D eigenvalue weighted by Gasteiger charge is 2.14. The van der Waals surface area contributed by atoms with Crippen molar-refractivity contribution < 1.29 is 24.2 Å². The fraction of sp³-hybridized carbons (Fsp3) is 0.267. The number of thiazole rings is 1. The Morgan fingerprint density at radius 1 is 1.22 bits per heavy atom. The smallest absolute Gasteiger partial charge is 0.303 e. The van der Waals surface area contributed by atoms with E-state index in [2.05, 4.69) is 10.3 Å². The lowest BCUT2D eigenvalue weighted by atomic mass is 10.1. The standard InChI is InChI=1S/C15H14N2O5S/c18-13(3-4-14(19)20)17-15-16-10(8-23-15)9-1-2-11-12(7-9)22-6-5-21-11/h1-2,7-8H,3-6H2,(H,19,20)(H,16,17,18). The summed E-state index contributed by atoms with van der Waals surface area (Å²) in [6.45, 7) is 1.05. The third-order valence-electron chi connectivity index (χ3n) is 3.15. The third kappa shape index (κ3) is 3.78. The summed E-state index contributed by atoms with van der Waals surface area (Å²) < 4.78 is 11.0. The lowest BCUT2D eigenvalue weighted by Crippen LogP contribution is -2.15. The van der Waals surface area contributed by atoms with E-state index in [9.17, 15) is 9.59 Å². The number of ether oxygens (including phenoxy) is 2. The minimum absolute atomic E-state index is 0.0751. The van der Waals surface area contributed by atoms with Gasteiger partial charge in [-0.2, -0.15) is 0 Å². The van der Waals surface area contributed by atoms with E-state index in [1.807, 2.05) is 23.6 Å². The number of hydrogen-bond acceptors (Lipinski definition) is 6. The number of nitrogens with one attached hydrogen (secondary N) is 1. The number of nitrogens with zero attached hydrogens (tertiary/aromatic N) is 1. The van der Waals surface area contributed by atoms with Crippen LogP contribution in [-0.4, -0.2) is 35.2 Å². The molecule has 0 saturated heterocycles. The Hall–Kier alpha value is -2.61. The molecule has 0 unspecified atom stereocenters. The summed E-state index contributed by atoms with van der Waals surface area (Å²) in [5.41, 5.74) is 1.57. The maximum Gasteiger partial charge on any atom is 0.303 e. The number of hydrogen-bond donors (Lipinski definition) is 2. The number of anilines is 1. The number of fused-ring (bicyclic) bond motifs is 1. The quantitative estimate of drug-likeness (QED) is 0.871. The Morgan fingerprint density at radius 2 is 2.00 bits per heavy atom. The summed E-state index contributed by atoms with van der Waals surface area (Å²) in [5.74, 6) is 0.0120. The van der Waals surface area contributed by atoms with Crippen molar-refractivity contribution in [2.75, 3.05) is 18.5 Å². The molecule has 1 amide bonds. The van der Waals surface area contributed by atoms with E-state index >= 15 is 0 Å². The number of carboxylic acid groups (broad SMARTS) is 1. The molecule has 8 heteroatoms. The number of carbonyl (C=O) groups is 2. The molecule has 1 aliphatic heterocycles. The zero-order chi connectivity index (χ0) is 16.2. The molecule has 0 radical (unpaired) electrons. The van der Waals surface area contributed by atoms with Crippen LogP contribution in [0.3, 0.4) is 0 Å². The number of amides is 1. The van der Waals surface area contributed by atoms with Crippen LogP contribution in [0, 0.1) is 0 Å². The first-order valence-corrected chi connectivity index (χ1v) is 7.87. The van der Waals surface area contributed by atoms with Crippen LogP contribution < -0.4 is 14.8 Å². The number of aliphatic carboxylic acids is 1. The monoisotopic (exact) mass is 334 g/mol. The van der Waals surface area contributed by atoms with Gasteiger partial charge >= 0.3 is 5.97 Å². The van der Waals surface area contributed by atoms with Gasteiger partial charge in [0, 0.05) is 17.4 Å². The number of carboxylic acids is 1. The van der Waals surface area contributed by atoms with E-state index in [-0.39, 0.29) is 18.7 Å². The molecule has 0 spiro atoms. The van der Waals surface area contributed by atoms with Gasteiger partial charge in [0.05, 0.1) is 12.1 Å². The maximum atomic E-state index is 11.6. The second kappa shape index (κ2) is 6.66. The molecule has 1 aromatic carbocycles. The van der Waals surface area contributed by atoms with Crippen molar-refractivity contribution in [3.63, 3.8) is 0 Å². The Kier molecular flexibility index (Phi) is 4.42. The van der Waals surface area contributed by atoms with Gasteiger partial charge in [-0.3, -0.25) is 9.59 Å². The van der Waals surface area contributed by atoms with Gasteiger partial charge in [-0.1, -0.05) is 0 Å². The second-order valence-corrected chi connectivity index (χ2v) is 5.70. The second-order valence-electron chi connectivity index (χ2n) is 4.84. The van der Waals surface area contributed by atoms with Gasteiger partial charge in [0.25, 0.3) is 0 Å². The molecule has 0 atom stereocenters. The van der Waals surface area contributed by atoms with Crippen LogP contribution >= 0.6 is 11.3 Å². The van der Waals surface area contributed by atoms with Crippen LogP contribution in [0.2, 0.25) is 0 Å². The lowest BCUT2D eigenvalue weighted by molar-refractivity contribution is -0.138. The molecule has 1 aromatic heterocycles. The molecular formula is C15H14N2O5S. The SMILES string of the molecule is O=C(O)CCC(=O)Nc1nc(-c2ccc3c(c2)OCCO3)cs1. The molecule has 0 fully saturated rings. The number of carbonyl (C=O) groups excluding carboxylic acids is 1. The predicted octanol–water partition coefficient (Wildman–Crippen LogP) is 2.38. The first-order chi connectivity index (χ1) is 11.1. The summed E-state index contributed by atoms with van der Waals surface area (Å²) >= 11 is 1.28. The van der Waals surface area contributed by atoms with Gasteiger partial charge < -0.3 is 19.9 Å². The first-order valence-electron chi connectivity index (χ1n) is 6.99. The van der Waals surface area contributed by atoms with Gasteiger partial charge in [0.2, 0.25) is 5.91 Å². The first kappa shape index (κ1) is 15.3.